The number of amides is 1. The van der Waals surface area contributed by atoms with Gasteiger partial charge in [-0.05, 0) is 34.1 Å². The molecular formula is C17H27BN4O5. The van der Waals surface area contributed by atoms with Gasteiger partial charge in [-0.25, -0.2) is 9.97 Å². The zero-order valence-corrected chi connectivity index (χ0v) is 16.2. The number of anilines is 1. The molecule has 0 spiro atoms. The Kier molecular flexibility index (Phi) is 5.44. The Morgan fingerprint density at radius 1 is 1.33 bits per heavy atom. The Labute approximate surface area is 159 Å². The number of aliphatic hydroxyl groups is 2. The van der Waals surface area contributed by atoms with Gasteiger partial charge in [-0.3, -0.25) is 4.79 Å². The number of carbonyl (C=O) groups is 1. The van der Waals surface area contributed by atoms with Gasteiger partial charge in [0.25, 0.3) is 5.91 Å². The molecule has 27 heavy (non-hydrogen) atoms. The van der Waals surface area contributed by atoms with E-state index in [2.05, 4.69) is 15.3 Å². The van der Waals surface area contributed by atoms with E-state index in [9.17, 15) is 9.90 Å². The second kappa shape index (κ2) is 7.35. The van der Waals surface area contributed by atoms with E-state index >= 15 is 0 Å². The molecular weight excluding hydrogens is 351 g/mol. The minimum absolute atomic E-state index is 0.120. The predicted molar refractivity (Wildman–Crippen MR) is 99.6 cm³/mol. The number of aliphatic hydroxyl groups excluding tert-OH is 2. The molecule has 10 heteroatoms. The van der Waals surface area contributed by atoms with Crippen molar-refractivity contribution < 1.29 is 24.3 Å². The van der Waals surface area contributed by atoms with E-state index in [4.69, 9.17) is 14.4 Å². The van der Waals surface area contributed by atoms with Gasteiger partial charge in [-0.1, -0.05) is 0 Å². The van der Waals surface area contributed by atoms with Crippen molar-refractivity contribution >= 4 is 24.4 Å². The molecule has 1 aromatic heterocycles. The van der Waals surface area contributed by atoms with Crippen molar-refractivity contribution in [2.75, 3.05) is 24.6 Å². The summed E-state index contributed by atoms with van der Waals surface area (Å²) < 4.78 is 12.0. The lowest BCUT2D eigenvalue weighted by Crippen LogP contribution is -2.44. The van der Waals surface area contributed by atoms with Crippen molar-refractivity contribution in [3.05, 3.63) is 12.4 Å². The van der Waals surface area contributed by atoms with Crippen LogP contribution < -0.4 is 15.7 Å². The molecule has 2 atom stereocenters. The minimum Gasteiger partial charge on any atom is -0.399 e. The normalized spacial score (nSPS) is 24.9. The summed E-state index contributed by atoms with van der Waals surface area (Å²) in [5.41, 5.74) is -0.0846. The van der Waals surface area contributed by atoms with Gasteiger partial charge in [0.15, 0.2) is 6.10 Å². The van der Waals surface area contributed by atoms with Crippen molar-refractivity contribution in [1.29, 1.82) is 0 Å². The summed E-state index contributed by atoms with van der Waals surface area (Å²) in [5.74, 6) is -0.00361. The Morgan fingerprint density at radius 2 is 1.93 bits per heavy atom. The third-order valence-corrected chi connectivity index (χ3v) is 5.48. The van der Waals surface area contributed by atoms with Crippen LogP contribution in [-0.4, -0.2) is 76.3 Å². The standard InChI is InChI=1S/C17H27BN4O5/c1-16(2)17(3,4)27-18(26-16)11-7-19-15(20-8-11)22-6-5-12(9-22)21-14(25)13(24)10-23/h7-8,12-13,23-24H,5-6,9-10H2,1-4H3,(H,21,25)/t12-,13-/m0/s1. The molecule has 0 aromatic carbocycles. The summed E-state index contributed by atoms with van der Waals surface area (Å²) in [5, 5.41) is 20.9. The molecule has 3 rings (SSSR count). The number of nitrogens with zero attached hydrogens (tertiary/aromatic N) is 3. The molecule has 2 aliphatic heterocycles. The molecule has 2 fully saturated rings. The number of hydrogen-bond donors (Lipinski definition) is 3. The van der Waals surface area contributed by atoms with Crippen LogP contribution in [0.1, 0.15) is 34.1 Å². The topological polar surface area (TPSA) is 117 Å². The van der Waals surface area contributed by atoms with Crippen molar-refractivity contribution in [2.45, 2.75) is 57.5 Å². The molecule has 0 aliphatic carbocycles. The number of nitrogens with one attached hydrogen (secondary N) is 1. The van der Waals surface area contributed by atoms with Crippen LogP contribution >= 0.6 is 0 Å². The summed E-state index contributed by atoms with van der Waals surface area (Å²) >= 11 is 0. The third-order valence-electron chi connectivity index (χ3n) is 5.48. The fourth-order valence-electron chi connectivity index (χ4n) is 3.04. The number of hydrogen-bond acceptors (Lipinski definition) is 8. The maximum Gasteiger partial charge on any atom is 0.498 e. The Balaban J connectivity index is 1.60. The van der Waals surface area contributed by atoms with E-state index < -0.39 is 36.9 Å². The lowest BCUT2D eigenvalue weighted by molar-refractivity contribution is -0.131. The average molecular weight is 378 g/mol. The van der Waals surface area contributed by atoms with E-state index in [-0.39, 0.29) is 6.04 Å². The van der Waals surface area contributed by atoms with Crippen LogP contribution in [0.2, 0.25) is 0 Å². The van der Waals surface area contributed by atoms with Crippen LogP contribution in [0.25, 0.3) is 0 Å². The molecule has 3 N–H and O–H groups in total. The monoisotopic (exact) mass is 378 g/mol. The number of aromatic nitrogens is 2. The Morgan fingerprint density at radius 3 is 2.48 bits per heavy atom. The molecule has 1 amide bonds. The lowest BCUT2D eigenvalue weighted by Gasteiger charge is -2.32. The Hall–Kier alpha value is -1.75. The zero-order chi connectivity index (χ0) is 19.8. The summed E-state index contributed by atoms with van der Waals surface area (Å²) in [4.78, 5) is 22.5. The first-order chi connectivity index (χ1) is 12.6. The van der Waals surface area contributed by atoms with Gasteiger partial charge in [-0.2, -0.15) is 0 Å². The SMILES string of the molecule is CC1(C)OB(c2cnc(N3CC[C@H](NC(=O)[C@@H](O)CO)C3)nc2)OC1(C)C. The molecule has 2 saturated heterocycles. The smallest absolute Gasteiger partial charge is 0.399 e. The van der Waals surface area contributed by atoms with Crippen molar-refractivity contribution in [3.8, 4) is 0 Å². The average Bonchev–Trinajstić information content (AvgIpc) is 3.16. The molecule has 2 aliphatic rings. The first-order valence-electron chi connectivity index (χ1n) is 9.15. The quantitative estimate of drug-likeness (QED) is 0.549. The minimum atomic E-state index is -1.39. The summed E-state index contributed by atoms with van der Waals surface area (Å²) in [6.07, 6.45) is 2.72. The van der Waals surface area contributed by atoms with E-state index in [0.717, 1.165) is 5.46 Å². The Bertz CT molecular complexity index is 668. The van der Waals surface area contributed by atoms with Gasteiger partial charge < -0.3 is 29.7 Å². The maximum absolute atomic E-state index is 11.7. The van der Waals surface area contributed by atoms with Crippen LogP contribution in [-0.2, 0) is 14.1 Å². The first kappa shape index (κ1) is 20.0. The predicted octanol–water partition coefficient (Wildman–Crippen LogP) is -1.18. The van der Waals surface area contributed by atoms with Crippen LogP contribution in [0.4, 0.5) is 5.95 Å². The van der Waals surface area contributed by atoms with E-state index in [1.54, 1.807) is 12.4 Å². The molecule has 148 valence electrons. The largest absolute Gasteiger partial charge is 0.498 e. The van der Waals surface area contributed by atoms with Gasteiger partial charge in [0, 0.05) is 37.0 Å². The summed E-state index contributed by atoms with van der Waals surface area (Å²) in [6, 6.07) is -0.120. The van der Waals surface area contributed by atoms with Gasteiger partial charge in [0.2, 0.25) is 5.95 Å². The lowest BCUT2D eigenvalue weighted by atomic mass is 9.81. The highest BCUT2D eigenvalue weighted by Gasteiger charge is 2.52. The molecule has 0 bridgehead atoms. The highest BCUT2D eigenvalue weighted by atomic mass is 16.7. The van der Waals surface area contributed by atoms with Crippen molar-refractivity contribution in [2.24, 2.45) is 0 Å². The molecule has 1 aromatic rings. The van der Waals surface area contributed by atoms with Crippen molar-refractivity contribution in [1.82, 2.24) is 15.3 Å². The second-order valence-corrected chi connectivity index (χ2v) is 8.04. The molecule has 9 nitrogen and oxygen atoms in total. The summed E-state index contributed by atoms with van der Waals surface area (Å²) in [7, 11) is -0.505. The van der Waals surface area contributed by atoms with Crippen molar-refractivity contribution in [3.63, 3.8) is 0 Å². The number of carbonyl (C=O) groups excluding carboxylic acids is 1. The van der Waals surface area contributed by atoms with Gasteiger partial charge in [0.05, 0.1) is 17.8 Å². The fraction of sp³-hybridized carbons (Fsp3) is 0.706. The van der Waals surface area contributed by atoms with Crippen LogP contribution in [0.15, 0.2) is 12.4 Å². The molecule has 0 unspecified atom stereocenters. The highest BCUT2D eigenvalue weighted by molar-refractivity contribution is 6.61. The van der Waals surface area contributed by atoms with Crippen LogP contribution in [0.3, 0.4) is 0 Å². The van der Waals surface area contributed by atoms with Gasteiger partial charge in [0.1, 0.15) is 0 Å². The third kappa shape index (κ3) is 4.08. The van der Waals surface area contributed by atoms with Gasteiger partial charge >= 0.3 is 7.12 Å². The zero-order valence-electron chi connectivity index (χ0n) is 16.2. The molecule has 3 heterocycles. The molecule has 0 radical (unpaired) electrons. The summed E-state index contributed by atoms with van der Waals surface area (Å²) in [6.45, 7) is 8.62. The first-order valence-corrected chi connectivity index (χ1v) is 9.15. The van der Waals surface area contributed by atoms with Crippen LogP contribution in [0, 0.1) is 0 Å². The van der Waals surface area contributed by atoms with E-state index in [1.165, 1.54) is 0 Å². The van der Waals surface area contributed by atoms with Gasteiger partial charge in [-0.15, -0.1) is 0 Å². The molecule has 0 saturated carbocycles. The fourth-order valence-corrected chi connectivity index (χ4v) is 3.04. The number of rotatable bonds is 5. The van der Waals surface area contributed by atoms with E-state index in [1.807, 2.05) is 32.6 Å². The highest BCUT2D eigenvalue weighted by Crippen LogP contribution is 2.36. The van der Waals surface area contributed by atoms with E-state index in [0.29, 0.717) is 25.5 Å². The maximum atomic E-state index is 11.7. The second-order valence-electron chi connectivity index (χ2n) is 8.04. The van der Waals surface area contributed by atoms with Crippen LogP contribution in [0.5, 0.6) is 0 Å².